The molecule has 0 aliphatic carbocycles. The zero-order valence-electron chi connectivity index (χ0n) is 17.8. The Kier molecular flexibility index (Phi) is 6.03. The minimum atomic E-state index is 0.349. The smallest absolute Gasteiger partial charge is 0.228 e. The summed E-state index contributed by atoms with van der Waals surface area (Å²) in [5, 5.41) is 0. The molecule has 9 nitrogen and oxygen atoms in total. The number of nitrogens with two attached hydrogens (primary N) is 1. The number of rotatable bonds is 6. The third-order valence-corrected chi connectivity index (χ3v) is 4.91. The highest BCUT2D eigenvalue weighted by atomic mass is 16.5. The van der Waals surface area contributed by atoms with Crippen molar-refractivity contribution in [1.82, 2.24) is 29.5 Å². The first kappa shape index (κ1) is 20.7. The number of allylic oxidation sites excluding steroid dienone is 5. The molecule has 9 heteroatoms. The second-order valence-electron chi connectivity index (χ2n) is 7.28. The maximum Gasteiger partial charge on any atom is 0.228 e. The Morgan fingerprint density at radius 3 is 2.71 bits per heavy atom. The van der Waals surface area contributed by atoms with Crippen LogP contribution in [0.2, 0.25) is 0 Å². The van der Waals surface area contributed by atoms with Crippen LogP contribution >= 0.6 is 0 Å². The molecular formula is C22H26N8O. The van der Waals surface area contributed by atoms with Gasteiger partial charge in [-0.25, -0.2) is 19.9 Å². The first-order valence-electron chi connectivity index (χ1n) is 10.3. The van der Waals surface area contributed by atoms with Crippen LogP contribution in [0, 0.1) is 0 Å². The van der Waals surface area contributed by atoms with E-state index in [2.05, 4.69) is 45.5 Å². The van der Waals surface area contributed by atoms with Gasteiger partial charge in [-0.1, -0.05) is 25.7 Å². The molecule has 0 aromatic carbocycles. The Labute approximate surface area is 181 Å². The summed E-state index contributed by atoms with van der Waals surface area (Å²) in [4.78, 5) is 24.9. The van der Waals surface area contributed by atoms with Crippen LogP contribution in [0.25, 0.3) is 28.2 Å². The van der Waals surface area contributed by atoms with Crippen LogP contribution in [0.15, 0.2) is 49.1 Å². The number of nitrogens with zero attached hydrogens (tertiary/aromatic N) is 7. The van der Waals surface area contributed by atoms with E-state index in [0.717, 1.165) is 17.7 Å². The van der Waals surface area contributed by atoms with E-state index in [4.69, 9.17) is 20.4 Å². The Morgan fingerprint density at radius 2 is 2.00 bits per heavy atom. The molecule has 3 aromatic rings. The topological polar surface area (TPSA) is 108 Å². The Morgan fingerprint density at radius 1 is 1.19 bits per heavy atom. The maximum atomic E-state index is 5.72. The van der Waals surface area contributed by atoms with E-state index in [0.29, 0.717) is 60.6 Å². The SMILES string of the molecule is C=C(/C=C(C)\C=C/CC)n1cnc2c(-c3cnc(N)cn3)nc(N3CCOCC3)nc21. The fourth-order valence-electron chi connectivity index (χ4n) is 3.33. The minimum Gasteiger partial charge on any atom is -0.382 e. The highest BCUT2D eigenvalue weighted by Crippen LogP contribution is 2.28. The molecule has 0 unspecified atom stereocenters. The third kappa shape index (κ3) is 4.46. The van der Waals surface area contributed by atoms with Gasteiger partial charge >= 0.3 is 0 Å². The molecule has 31 heavy (non-hydrogen) atoms. The lowest BCUT2D eigenvalue weighted by molar-refractivity contribution is 0.122. The highest BCUT2D eigenvalue weighted by molar-refractivity contribution is 5.89. The standard InChI is InChI=1S/C22H26N8O/c1-4-5-6-15(2)11-16(3)30-14-26-20-19(17-12-25-18(23)13-24-17)27-22(28-21(20)30)29-7-9-31-10-8-29/h5-6,11-14H,3-4,7-10H2,1-2H3,(H2,23,25)/b6-5-,15-11-. The molecular weight excluding hydrogens is 392 g/mol. The largest absolute Gasteiger partial charge is 0.382 e. The normalized spacial score (nSPS) is 15.2. The molecule has 3 aromatic heterocycles. The average molecular weight is 419 g/mol. The summed E-state index contributed by atoms with van der Waals surface area (Å²) in [5.41, 5.74) is 10.1. The molecule has 0 spiro atoms. The van der Waals surface area contributed by atoms with Crippen molar-refractivity contribution in [3.8, 4) is 11.4 Å². The number of hydrogen-bond donors (Lipinski definition) is 1. The van der Waals surface area contributed by atoms with Crippen LogP contribution < -0.4 is 10.6 Å². The van der Waals surface area contributed by atoms with Gasteiger partial charge in [0.15, 0.2) is 5.65 Å². The molecule has 1 saturated heterocycles. The lowest BCUT2D eigenvalue weighted by Crippen LogP contribution is -2.37. The van der Waals surface area contributed by atoms with Crippen LogP contribution in [0.3, 0.4) is 0 Å². The van der Waals surface area contributed by atoms with Gasteiger partial charge in [0.1, 0.15) is 29.0 Å². The fraction of sp³-hybridized carbons (Fsp3) is 0.318. The van der Waals surface area contributed by atoms with Gasteiger partial charge in [-0.2, -0.15) is 4.98 Å². The van der Waals surface area contributed by atoms with Gasteiger partial charge < -0.3 is 15.4 Å². The second kappa shape index (κ2) is 9.05. The van der Waals surface area contributed by atoms with E-state index in [9.17, 15) is 0 Å². The van der Waals surface area contributed by atoms with E-state index < -0.39 is 0 Å². The van der Waals surface area contributed by atoms with Crippen molar-refractivity contribution < 1.29 is 4.74 Å². The zero-order valence-corrected chi connectivity index (χ0v) is 17.8. The summed E-state index contributed by atoms with van der Waals surface area (Å²) in [6.07, 6.45) is 12.0. The predicted molar refractivity (Wildman–Crippen MR) is 122 cm³/mol. The van der Waals surface area contributed by atoms with Crippen molar-refractivity contribution in [1.29, 1.82) is 0 Å². The number of nitrogen functional groups attached to an aromatic ring is 1. The van der Waals surface area contributed by atoms with Crippen LogP contribution in [0.4, 0.5) is 11.8 Å². The van der Waals surface area contributed by atoms with Crippen molar-refractivity contribution in [3.63, 3.8) is 0 Å². The van der Waals surface area contributed by atoms with Crippen molar-refractivity contribution in [2.24, 2.45) is 0 Å². The number of anilines is 2. The Bertz CT molecular complexity index is 1140. The van der Waals surface area contributed by atoms with E-state index >= 15 is 0 Å². The van der Waals surface area contributed by atoms with Crippen molar-refractivity contribution >= 4 is 28.6 Å². The number of fused-ring (bicyclic) bond motifs is 1. The average Bonchev–Trinajstić information content (AvgIpc) is 3.22. The van der Waals surface area contributed by atoms with Gasteiger partial charge in [-0.15, -0.1) is 0 Å². The zero-order chi connectivity index (χ0) is 21.8. The third-order valence-electron chi connectivity index (χ3n) is 4.91. The number of ether oxygens (including phenoxy) is 1. The number of aromatic nitrogens is 6. The Balaban J connectivity index is 1.84. The van der Waals surface area contributed by atoms with Gasteiger partial charge in [0, 0.05) is 18.8 Å². The molecule has 4 heterocycles. The van der Waals surface area contributed by atoms with Crippen LogP contribution in [0.1, 0.15) is 20.3 Å². The van der Waals surface area contributed by atoms with Gasteiger partial charge in [-0.3, -0.25) is 4.57 Å². The monoisotopic (exact) mass is 418 g/mol. The molecule has 1 aliphatic rings. The van der Waals surface area contributed by atoms with Crippen LogP contribution in [0.5, 0.6) is 0 Å². The molecule has 4 rings (SSSR count). The second-order valence-corrected chi connectivity index (χ2v) is 7.28. The summed E-state index contributed by atoms with van der Waals surface area (Å²) < 4.78 is 7.35. The van der Waals surface area contributed by atoms with Crippen LogP contribution in [-0.2, 0) is 4.74 Å². The van der Waals surface area contributed by atoms with E-state index in [1.165, 1.54) is 6.20 Å². The van der Waals surface area contributed by atoms with Crippen molar-refractivity contribution in [3.05, 3.63) is 49.1 Å². The van der Waals surface area contributed by atoms with E-state index in [-0.39, 0.29) is 0 Å². The summed E-state index contributed by atoms with van der Waals surface area (Å²) >= 11 is 0. The molecule has 0 amide bonds. The van der Waals surface area contributed by atoms with Crippen LogP contribution in [-0.4, -0.2) is 55.8 Å². The molecule has 0 radical (unpaired) electrons. The van der Waals surface area contributed by atoms with Gasteiger partial charge in [0.2, 0.25) is 5.95 Å². The lowest BCUT2D eigenvalue weighted by atomic mass is 10.2. The van der Waals surface area contributed by atoms with Gasteiger partial charge in [-0.05, 0) is 25.0 Å². The van der Waals surface area contributed by atoms with Crippen molar-refractivity contribution in [2.75, 3.05) is 36.9 Å². The number of morpholine rings is 1. The summed E-state index contributed by atoms with van der Waals surface area (Å²) in [5.74, 6) is 0.952. The molecule has 1 aliphatic heterocycles. The quantitative estimate of drug-likeness (QED) is 0.609. The first-order valence-corrected chi connectivity index (χ1v) is 10.3. The molecule has 0 bridgehead atoms. The fourth-order valence-corrected chi connectivity index (χ4v) is 3.33. The van der Waals surface area contributed by atoms with E-state index in [1.807, 2.05) is 17.6 Å². The van der Waals surface area contributed by atoms with Gasteiger partial charge in [0.05, 0.1) is 25.6 Å². The molecule has 160 valence electrons. The molecule has 2 N–H and O–H groups in total. The highest BCUT2D eigenvalue weighted by Gasteiger charge is 2.21. The first-order chi connectivity index (χ1) is 15.1. The van der Waals surface area contributed by atoms with E-state index in [1.54, 1.807) is 12.5 Å². The minimum absolute atomic E-state index is 0.349. The lowest BCUT2D eigenvalue weighted by Gasteiger charge is -2.27. The molecule has 1 fully saturated rings. The molecule has 0 saturated carbocycles. The number of hydrogen-bond acceptors (Lipinski definition) is 8. The predicted octanol–water partition coefficient (Wildman–Crippen LogP) is 3.09. The number of imidazole rings is 1. The summed E-state index contributed by atoms with van der Waals surface area (Å²) in [6.45, 7) is 11.1. The Hall–Kier alpha value is -3.59. The maximum absolute atomic E-state index is 5.72. The van der Waals surface area contributed by atoms with Gasteiger partial charge in [0.25, 0.3) is 0 Å². The van der Waals surface area contributed by atoms with Crippen molar-refractivity contribution in [2.45, 2.75) is 20.3 Å². The summed E-state index contributed by atoms with van der Waals surface area (Å²) in [6, 6.07) is 0. The summed E-state index contributed by atoms with van der Waals surface area (Å²) in [7, 11) is 0. The molecule has 0 atom stereocenters.